The lowest BCUT2D eigenvalue weighted by atomic mass is 10.1. The van der Waals surface area contributed by atoms with Gasteiger partial charge in [-0.3, -0.25) is 4.90 Å². The monoisotopic (exact) mass is 237 g/mol. The third-order valence-corrected chi connectivity index (χ3v) is 3.08. The normalized spacial score (nSPS) is 17.4. The molecule has 1 aliphatic rings. The Hall–Kier alpha value is -1.47. The van der Waals surface area contributed by atoms with Gasteiger partial charge in [-0.25, -0.2) is 0 Å². The van der Waals surface area contributed by atoms with Crippen molar-refractivity contribution < 1.29 is 0 Å². The molecule has 1 heterocycles. The number of nitrogen functional groups attached to an aromatic ring is 2. The van der Waals surface area contributed by atoms with Gasteiger partial charge in [0.15, 0.2) is 0 Å². The van der Waals surface area contributed by atoms with Crippen LogP contribution in [0.5, 0.6) is 0 Å². The SMILES string of the molecule is CN(Cc1nc(N)nc(N)n1)C(CN)C1CC1. The molecule has 0 saturated heterocycles. The van der Waals surface area contributed by atoms with Crippen LogP contribution in [-0.4, -0.2) is 39.5 Å². The third-order valence-electron chi connectivity index (χ3n) is 3.08. The van der Waals surface area contributed by atoms with Crippen LogP contribution in [0, 0.1) is 5.92 Å². The molecule has 0 amide bonds. The molecular formula is C10H19N7. The van der Waals surface area contributed by atoms with E-state index in [0.29, 0.717) is 30.9 Å². The molecule has 6 N–H and O–H groups in total. The molecule has 7 heteroatoms. The predicted molar refractivity (Wildman–Crippen MR) is 65.7 cm³/mol. The van der Waals surface area contributed by atoms with Crippen LogP contribution in [0.25, 0.3) is 0 Å². The molecule has 1 fully saturated rings. The number of nitrogens with zero attached hydrogens (tertiary/aromatic N) is 4. The molecule has 0 radical (unpaired) electrons. The van der Waals surface area contributed by atoms with E-state index >= 15 is 0 Å². The summed E-state index contributed by atoms with van der Waals surface area (Å²) < 4.78 is 0. The predicted octanol–water partition coefficient (Wildman–Crippen LogP) is -0.795. The minimum Gasteiger partial charge on any atom is -0.368 e. The van der Waals surface area contributed by atoms with Gasteiger partial charge in [0.1, 0.15) is 5.82 Å². The average Bonchev–Trinajstić information content (AvgIpc) is 3.01. The Morgan fingerprint density at radius 1 is 1.24 bits per heavy atom. The maximum absolute atomic E-state index is 5.78. The molecule has 0 bridgehead atoms. The summed E-state index contributed by atoms with van der Waals surface area (Å²) in [6.45, 7) is 1.24. The summed E-state index contributed by atoms with van der Waals surface area (Å²) in [6.07, 6.45) is 2.52. The number of likely N-dealkylation sites (N-methyl/N-ethyl adjacent to an activating group) is 1. The van der Waals surface area contributed by atoms with Crippen molar-refractivity contribution in [3.63, 3.8) is 0 Å². The summed E-state index contributed by atoms with van der Waals surface area (Å²) in [6, 6.07) is 0.384. The van der Waals surface area contributed by atoms with Gasteiger partial charge in [0, 0.05) is 12.6 Å². The minimum atomic E-state index is 0.164. The average molecular weight is 237 g/mol. The summed E-state index contributed by atoms with van der Waals surface area (Å²) in [4.78, 5) is 14.0. The number of anilines is 2. The van der Waals surface area contributed by atoms with Gasteiger partial charge in [-0.05, 0) is 25.8 Å². The third kappa shape index (κ3) is 3.01. The van der Waals surface area contributed by atoms with Crippen molar-refractivity contribution in [3.05, 3.63) is 5.82 Å². The molecule has 1 aromatic heterocycles. The van der Waals surface area contributed by atoms with E-state index in [4.69, 9.17) is 17.2 Å². The van der Waals surface area contributed by atoms with Gasteiger partial charge in [0.25, 0.3) is 0 Å². The van der Waals surface area contributed by atoms with Gasteiger partial charge in [-0.2, -0.15) is 15.0 Å². The molecule has 17 heavy (non-hydrogen) atoms. The van der Waals surface area contributed by atoms with Crippen molar-refractivity contribution in [2.45, 2.75) is 25.4 Å². The van der Waals surface area contributed by atoms with Gasteiger partial charge < -0.3 is 17.2 Å². The second-order valence-corrected chi connectivity index (χ2v) is 4.52. The number of hydrogen-bond acceptors (Lipinski definition) is 7. The highest BCUT2D eigenvalue weighted by atomic mass is 15.2. The van der Waals surface area contributed by atoms with Crippen LogP contribution in [0.2, 0.25) is 0 Å². The molecule has 0 aromatic carbocycles. The largest absolute Gasteiger partial charge is 0.368 e. The lowest BCUT2D eigenvalue weighted by Crippen LogP contribution is -2.39. The zero-order valence-electron chi connectivity index (χ0n) is 10.0. The number of nitrogens with two attached hydrogens (primary N) is 3. The van der Waals surface area contributed by atoms with Crippen LogP contribution in [0.3, 0.4) is 0 Å². The van der Waals surface area contributed by atoms with E-state index in [1.54, 1.807) is 0 Å². The van der Waals surface area contributed by atoms with Gasteiger partial charge in [-0.15, -0.1) is 0 Å². The summed E-state index contributed by atoms with van der Waals surface area (Å²) >= 11 is 0. The van der Waals surface area contributed by atoms with Gasteiger partial charge in [0.05, 0.1) is 6.54 Å². The van der Waals surface area contributed by atoms with Crippen LogP contribution >= 0.6 is 0 Å². The highest BCUT2D eigenvalue weighted by molar-refractivity contribution is 5.25. The van der Waals surface area contributed by atoms with Gasteiger partial charge in [-0.1, -0.05) is 0 Å². The molecular weight excluding hydrogens is 218 g/mol. The van der Waals surface area contributed by atoms with Crippen molar-refractivity contribution in [2.24, 2.45) is 11.7 Å². The summed E-state index contributed by atoms with van der Waals surface area (Å²) in [5.41, 5.74) is 16.8. The van der Waals surface area contributed by atoms with Crippen LogP contribution in [0.4, 0.5) is 11.9 Å². The molecule has 1 unspecified atom stereocenters. The molecule has 7 nitrogen and oxygen atoms in total. The smallest absolute Gasteiger partial charge is 0.225 e. The van der Waals surface area contributed by atoms with Gasteiger partial charge in [0.2, 0.25) is 11.9 Å². The zero-order valence-corrected chi connectivity index (χ0v) is 10.0. The fraction of sp³-hybridized carbons (Fsp3) is 0.700. The summed E-state index contributed by atoms with van der Waals surface area (Å²) in [5.74, 6) is 1.63. The van der Waals surface area contributed by atoms with Crippen molar-refractivity contribution in [1.29, 1.82) is 0 Å². The van der Waals surface area contributed by atoms with E-state index < -0.39 is 0 Å². The fourth-order valence-corrected chi connectivity index (χ4v) is 2.08. The van der Waals surface area contributed by atoms with Crippen molar-refractivity contribution in [3.8, 4) is 0 Å². The van der Waals surface area contributed by atoms with E-state index in [9.17, 15) is 0 Å². The molecule has 1 atom stereocenters. The second kappa shape index (κ2) is 4.80. The molecule has 2 rings (SSSR count). The van der Waals surface area contributed by atoms with Crippen LogP contribution in [-0.2, 0) is 6.54 Å². The first-order chi connectivity index (χ1) is 8.10. The summed E-state index contributed by atoms with van der Waals surface area (Å²) in [7, 11) is 2.02. The number of hydrogen-bond donors (Lipinski definition) is 3. The van der Waals surface area contributed by atoms with Crippen molar-refractivity contribution >= 4 is 11.9 Å². The Bertz CT molecular complexity index is 370. The molecule has 0 aliphatic heterocycles. The maximum atomic E-state index is 5.78. The van der Waals surface area contributed by atoms with E-state index in [1.807, 2.05) is 7.05 Å². The van der Waals surface area contributed by atoms with E-state index in [1.165, 1.54) is 12.8 Å². The molecule has 1 aromatic rings. The second-order valence-electron chi connectivity index (χ2n) is 4.52. The Balaban J connectivity index is 2.03. The van der Waals surface area contributed by atoms with Crippen molar-refractivity contribution in [1.82, 2.24) is 19.9 Å². The highest BCUT2D eigenvalue weighted by Crippen LogP contribution is 2.34. The lowest BCUT2D eigenvalue weighted by molar-refractivity contribution is 0.211. The Kier molecular flexibility index (Phi) is 3.39. The van der Waals surface area contributed by atoms with E-state index in [2.05, 4.69) is 19.9 Å². The quantitative estimate of drug-likeness (QED) is 0.613. The van der Waals surface area contributed by atoms with Crippen LogP contribution in [0.1, 0.15) is 18.7 Å². The molecule has 1 saturated carbocycles. The lowest BCUT2D eigenvalue weighted by Gasteiger charge is -2.26. The fourth-order valence-electron chi connectivity index (χ4n) is 2.08. The van der Waals surface area contributed by atoms with Crippen LogP contribution < -0.4 is 17.2 Å². The van der Waals surface area contributed by atoms with Crippen LogP contribution in [0.15, 0.2) is 0 Å². The minimum absolute atomic E-state index is 0.164. The molecule has 1 aliphatic carbocycles. The first-order valence-corrected chi connectivity index (χ1v) is 5.76. The Labute approximate surface area is 100 Å². The maximum Gasteiger partial charge on any atom is 0.225 e. The Morgan fingerprint density at radius 2 is 1.82 bits per heavy atom. The molecule has 0 spiro atoms. The first-order valence-electron chi connectivity index (χ1n) is 5.76. The number of rotatable bonds is 5. The number of aromatic nitrogens is 3. The van der Waals surface area contributed by atoms with Crippen molar-refractivity contribution in [2.75, 3.05) is 25.1 Å². The Morgan fingerprint density at radius 3 is 2.29 bits per heavy atom. The van der Waals surface area contributed by atoms with E-state index in [-0.39, 0.29) is 11.9 Å². The highest BCUT2D eigenvalue weighted by Gasteiger charge is 2.33. The standard InChI is InChI=1S/C10H19N7/c1-17(7(4-11)6-2-3-6)5-8-14-9(12)16-10(13)15-8/h6-7H,2-5,11H2,1H3,(H4,12,13,14,15,16). The van der Waals surface area contributed by atoms with E-state index in [0.717, 1.165) is 0 Å². The first kappa shape index (κ1) is 12.0. The summed E-state index contributed by atoms with van der Waals surface area (Å²) in [5, 5.41) is 0. The molecule has 94 valence electrons. The zero-order chi connectivity index (χ0) is 12.4. The topological polar surface area (TPSA) is 120 Å². The van der Waals surface area contributed by atoms with Gasteiger partial charge >= 0.3 is 0 Å².